The van der Waals surface area contributed by atoms with Crippen LogP contribution in [0.1, 0.15) is 25.0 Å². The molecule has 2 nitrogen and oxygen atoms in total. The van der Waals surface area contributed by atoms with E-state index in [2.05, 4.69) is 0 Å². The maximum atomic E-state index is 6.16. The van der Waals surface area contributed by atoms with Crippen molar-refractivity contribution in [3.63, 3.8) is 0 Å². The molecule has 1 heterocycles. The Labute approximate surface area is 89.0 Å². The van der Waals surface area contributed by atoms with E-state index in [9.17, 15) is 0 Å². The van der Waals surface area contributed by atoms with Crippen molar-refractivity contribution >= 4 is 11.6 Å². The first kappa shape index (κ1) is 9.81. The van der Waals surface area contributed by atoms with E-state index in [0.29, 0.717) is 0 Å². The lowest BCUT2D eigenvalue weighted by molar-refractivity contribution is 0.357. The molecule has 0 unspecified atom stereocenters. The Morgan fingerprint density at radius 1 is 1.43 bits per heavy atom. The highest BCUT2D eigenvalue weighted by Gasteiger charge is 2.26. The van der Waals surface area contributed by atoms with Gasteiger partial charge in [0.15, 0.2) is 0 Å². The molecule has 0 radical (unpaired) electrons. The Morgan fingerprint density at radius 2 is 2.14 bits per heavy atom. The number of fused-ring (bicyclic) bond motifs is 1. The zero-order valence-electron chi connectivity index (χ0n) is 8.43. The van der Waals surface area contributed by atoms with Crippen LogP contribution < -0.4 is 10.5 Å². The van der Waals surface area contributed by atoms with Crippen LogP contribution in [0.15, 0.2) is 12.1 Å². The molecule has 2 rings (SSSR count). The second-order valence-corrected chi connectivity index (χ2v) is 4.63. The van der Waals surface area contributed by atoms with Gasteiger partial charge in [-0.25, -0.2) is 0 Å². The van der Waals surface area contributed by atoms with Gasteiger partial charge in [-0.1, -0.05) is 11.6 Å². The lowest BCUT2D eigenvalue weighted by atomic mass is 9.90. The highest BCUT2D eigenvalue weighted by molar-refractivity contribution is 6.31. The molecule has 3 heteroatoms. The number of hydrogen-bond donors (Lipinski definition) is 1. The molecular weight excluding hydrogens is 198 g/mol. The molecule has 0 saturated heterocycles. The third kappa shape index (κ3) is 1.49. The Kier molecular flexibility index (Phi) is 2.20. The molecule has 0 spiro atoms. The van der Waals surface area contributed by atoms with E-state index in [4.69, 9.17) is 22.1 Å². The van der Waals surface area contributed by atoms with Crippen molar-refractivity contribution < 1.29 is 4.74 Å². The highest BCUT2D eigenvalue weighted by Crippen LogP contribution is 2.37. The van der Waals surface area contributed by atoms with E-state index >= 15 is 0 Å². The third-order valence-electron chi connectivity index (χ3n) is 2.47. The van der Waals surface area contributed by atoms with Crippen LogP contribution >= 0.6 is 11.6 Å². The van der Waals surface area contributed by atoms with Crippen molar-refractivity contribution in [2.45, 2.75) is 25.8 Å². The minimum Gasteiger partial charge on any atom is -0.493 e. The van der Waals surface area contributed by atoms with E-state index in [-0.39, 0.29) is 0 Å². The van der Waals surface area contributed by atoms with E-state index < -0.39 is 5.54 Å². The zero-order chi connectivity index (χ0) is 10.3. The monoisotopic (exact) mass is 211 g/mol. The van der Waals surface area contributed by atoms with Gasteiger partial charge in [-0.2, -0.15) is 0 Å². The van der Waals surface area contributed by atoms with Crippen molar-refractivity contribution in [1.82, 2.24) is 0 Å². The smallest absolute Gasteiger partial charge is 0.123 e. The quantitative estimate of drug-likeness (QED) is 0.775. The van der Waals surface area contributed by atoms with Gasteiger partial charge >= 0.3 is 0 Å². The van der Waals surface area contributed by atoms with Gasteiger partial charge in [-0.15, -0.1) is 0 Å². The predicted octanol–water partition coefficient (Wildman–Crippen LogP) is 2.47. The Balaban J connectivity index is 2.63. The first-order valence-corrected chi connectivity index (χ1v) is 5.11. The SMILES string of the molecule is CC(C)(N)c1c(Cl)ccc2c1CCO2. The average Bonchev–Trinajstić information content (AvgIpc) is 2.48. The number of halogens is 1. The maximum absolute atomic E-state index is 6.16. The lowest BCUT2D eigenvalue weighted by Gasteiger charge is -2.23. The Bertz CT molecular complexity index is 368. The van der Waals surface area contributed by atoms with E-state index in [1.807, 2.05) is 26.0 Å². The molecule has 0 aromatic heterocycles. The molecule has 2 N–H and O–H groups in total. The fourth-order valence-electron chi connectivity index (χ4n) is 1.94. The molecule has 0 aliphatic carbocycles. The largest absolute Gasteiger partial charge is 0.493 e. The van der Waals surface area contributed by atoms with E-state index in [1.165, 1.54) is 5.56 Å². The molecule has 0 saturated carbocycles. The lowest BCUT2D eigenvalue weighted by Crippen LogP contribution is -2.30. The van der Waals surface area contributed by atoms with Crippen molar-refractivity contribution in [3.8, 4) is 5.75 Å². The van der Waals surface area contributed by atoms with Gasteiger partial charge in [0.1, 0.15) is 5.75 Å². The van der Waals surface area contributed by atoms with Gasteiger partial charge in [-0.05, 0) is 31.5 Å². The van der Waals surface area contributed by atoms with Gasteiger partial charge in [0.05, 0.1) is 6.61 Å². The molecule has 0 fully saturated rings. The van der Waals surface area contributed by atoms with Gasteiger partial charge in [-0.3, -0.25) is 0 Å². The second-order valence-electron chi connectivity index (χ2n) is 4.22. The molecule has 0 atom stereocenters. The summed E-state index contributed by atoms with van der Waals surface area (Å²) in [6, 6.07) is 3.77. The molecule has 1 aromatic carbocycles. The summed E-state index contributed by atoms with van der Waals surface area (Å²) in [6.07, 6.45) is 0.909. The van der Waals surface area contributed by atoms with Crippen molar-refractivity contribution in [3.05, 3.63) is 28.3 Å². The first-order valence-electron chi connectivity index (χ1n) is 4.73. The summed E-state index contributed by atoms with van der Waals surface area (Å²) in [7, 11) is 0. The molecule has 0 amide bonds. The van der Waals surface area contributed by atoms with Crippen LogP contribution in [0.5, 0.6) is 5.75 Å². The summed E-state index contributed by atoms with van der Waals surface area (Å²) in [5, 5.41) is 0.738. The maximum Gasteiger partial charge on any atom is 0.123 e. The average molecular weight is 212 g/mol. The van der Waals surface area contributed by atoms with Crippen molar-refractivity contribution in [2.24, 2.45) is 5.73 Å². The summed E-state index contributed by atoms with van der Waals surface area (Å²) in [5.41, 5.74) is 7.88. The molecule has 14 heavy (non-hydrogen) atoms. The fraction of sp³-hybridized carbons (Fsp3) is 0.455. The molecular formula is C11H14ClNO. The predicted molar refractivity (Wildman–Crippen MR) is 57.9 cm³/mol. The zero-order valence-corrected chi connectivity index (χ0v) is 9.19. The van der Waals surface area contributed by atoms with Crippen molar-refractivity contribution in [1.29, 1.82) is 0 Å². The summed E-state index contributed by atoms with van der Waals surface area (Å²) >= 11 is 6.16. The van der Waals surface area contributed by atoms with Crippen LogP contribution in [-0.2, 0) is 12.0 Å². The molecule has 1 aliphatic heterocycles. The van der Waals surface area contributed by atoms with Gasteiger partial charge in [0.2, 0.25) is 0 Å². The molecule has 76 valence electrons. The van der Waals surface area contributed by atoms with E-state index in [1.54, 1.807) is 0 Å². The number of hydrogen-bond acceptors (Lipinski definition) is 2. The van der Waals surface area contributed by atoms with Gasteiger partial charge in [0.25, 0.3) is 0 Å². The highest BCUT2D eigenvalue weighted by atomic mass is 35.5. The summed E-state index contributed by atoms with van der Waals surface area (Å²) in [6.45, 7) is 4.67. The standard InChI is InChI=1S/C11H14ClNO/c1-11(2,13)10-7-5-6-14-9(7)4-3-8(10)12/h3-4H,5-6,13H2,1-2H3. The summed E-state index contributed by atoms with van der Waals surface area (Å²) in [5.74, 6) is 0.933. The Hall–Kier alpha value is -0.730. The van der Waals surface area contributed by atoms with Crippen molar-refractivity contribution in [2.75, 3.05) is 6.61 Å². The van der Waals surface area contributed by atoms with Gasteiger partial charge in [0, 0.05) is 22.5 Å². The Morgan fingerprint density at radius 3 is 2.79 bits per heavy atom. The third-order valence-corrected chi connectivity index (χ3v) is 2.79. The summed E-state index contributed by atoms with van der Waals surface area (Å²) in [4.78, 5) is 0. The van der Waals surface area contributed by atoms with Crippen LogP contribution in [0.4, 0.5) is 0 Å². The number of ether oxygens (including phenoxy) is 1. The first-order chi connectivity index (χ1) is 6.50. The number of benzene rings is 1. The van der Waals surface area contributed by atoms with Crippen LogP contribution in [0.2, 0.25) is 5.02 Å². The molecule has 0 bridgehead atoms. The van der Waals surface area contributed by atoms with E-state index in [0.717, 1.165) is 29.4 Å². The minimum atomic E-state index is -0.407. The molecule has 1 aromatic rings. The summed E-state index contributed by atoms with van der Waals surface area (Å²) < 4.78 is 5.48. The van der Waals surface area contributed by atoms with Crippen LogP contribution in [0.3, 0.4) is 0 Å². The van der Waals surface area contributed by atoms with Crippen LogP contribution in [0, 0.1) is 0 Å². The number of nitrogens with two attached hydrogens (primary N) is 1. The van der Waals surface area contributed by atoms with Crippen LogP contribution in [0.25, 0.3) is 0 Å². The minimum absolute atomic E-state index is 0.407. The topological polar surface area (TPSA) is 35.2 Å². The fourth-order valence-corrected chi connectivity index (χ4v) is 2.36. The van der Waals surface area contributed by atoms with Crippen LogP contribution in [-0.4, -0.2) is 6.61 Å². The van der Waals surface area contributed by atoms with Gasteiger partial charge < -0.3 is 10.5 Å². The number of rotatable bonds is 1. The second kappa shape index (κ2) is 3.14. The normalized spacial score (nSPS) is 15.1. The molecule has 1 aliphatic rings.